The first-order valence-corrected chi connectivity index (χ1v) is 21.5. The van der Waals surface area contributed by atoms with Crippen LogP contribution in [0.3, 0.4) is 0 Å². The molecule has 0 saturated carbocycles. The van der Waals surface area contributed by atoms with Crippen molar-refractivity contribution in [3.05, 3.63) is 101 Å². The first-order valence-electron chi connectivity index (χ1n) is 20.6. The first kappa shape index (κ1) is 43.7. The van der Waals surface area contributed by atoms with E-state index in [1.165, 1.54) is 65.9 Å². The molecule has 0 aliphatic heterocycles. The number of nitrogens with zero attached hydrogens (tertiary/aromatic N) is 1. The number of pyridine rings is 1. The van der Waals surface area contributed by atoms with Crippen LogP contribution in [0.15, 0.2) is 78.2 Å². The monoisotopic (exact) mass is 945 g/mol. The maximum atomic E-state index is 12.1. The van der Waals surface area contributed by atoms with Gasteiger partial charge in [0.15, 0.2) is 5.78 Å². The average Bonchev–Trinajstić information content (AvgIpc) is 3.54. The van der Waals surface area contributed by atoms with E-state index in [4.69, 9.17) is 4.98 Å². The summed E-state index contributed by atoms with van der Waals surface area (Å²) in [6.07, 6.45) is 7.99. The first-order chi connectivity index (χ1) is 25.9. The smallest absolute Gasteiger partial charge is 0.164 e. The summed E-state index contributed by atoms with van der Waals surface area (Å²) >= 11 is 1.94. The molecule has 0 amide bonds. The Hall–Kier alpha value is -3.37. The molecule has 0 saturated heterocycles. The molecule has 7 rings (SSSR count). The Balaban J connectivity index is 0.000000302. The van der Waals surface area contributed by atoms with Crippen molar-refractivity contribution in [1.29, 1.82) is 0 Å². The number of allylic oxidation sites excluding steroid dienone is 2. The minimum absolute atomic E-state index is 0. The molecule has 0 fully saturated rings. The molecule has 0 unspecified atom stereocenters. The van der Waals surface area contributed by atoms with Crippen molar-refractivity contribution >= 4 is 58.8 Å². The number of Topliss-reactive ketones (excluding diaryl/α,β-unsaturated/α-hetero) is 1. The number of benzene rings is 4. The molecule has 299 valence electrons. The topological polar surface area (TPSA) is 50.2 Å². The summed E-state index contributed by atoms with van der Waals surface area (Å²) in [5, 5.41) is 17.7. The zero-order chi connectivity index (χ0) is 40.0. The van der Waals surface area contributed by atoms with Gasteiger partial charge in [-0.3, -0.25) is 9.78 Å². The normalized spacial score (nSPS) is 15.5. The van der Waals surface area contributed by atoms with Crippen LogP contribution in [0.5, 0.6) is 0 Å². The largest absolute Gasteiger partial charge is 0.512 e. The third-order valence-electron chi connectivity index (χ3n) is 12.7. The van der Waals surface area contributed by atoms with E-state index in [1.54, 1.807) is 6.92 Å². The van der Waals surface area contributed by atoms with E-state index >= 15 is 0 Å². The van der Waals surface area contributed by atoms with Gasteiger partial charge in [-0.05, 0) is 90.3 Å². The van der Waals surface area contributed by atoms with Gasteiger partial charge >= 0.3 is 0 Å². The van der Waals surface area contributed by atoms with Crippen molar-refractivity contribution in [3.8, 4) is 11.3 Å². The Morgan fingerprint density at radius 1 is 0.804 bits per heavy atom. The molecule has 1 aliphatic carbocycles. The van der Waals surface area contributed by atoms with Gasteiger partial charge in [0, 0.05) is 75.0 Å². The number of aromatic nitrogens is 1. The van der Waals surface area contributed by atoms with E-state index in [9.17, 15) is 9.90 Å². The van der Waals surface area contributed by atoms with E-state index in [-0.39, 0.29) is 54.0 Å². The predicted octanol–water partition coefficient (Wildman–Crippen LogP) is 15.1. The van der Waals surface area contributed by atoms with Crippen molar-refractivity contribution in [2.75, 3.05) is 0 Å². The third-order valence-corrected chi connectivity index (χ3v) is 13.9. The Morgan fingerprint density at radius 2 is 1.41 bits per heavy atom. The number of hydrogen-bond donors (Lipinski definition) is 1. The number of fused-ring (bicyclic) bond motifs is 7. The maximum absolute atomic E-state index is 12.1. The molecule has 56 heavy (non-hydrogen) atoms. The molecule has 2 heterocycles. The molecule has 4 aromatic carbocycles. The van der Waals surface area contributed by atoms with Crippen LogP contribution in [0.4, 0.5) is 0 Å². The number of hydrogen-bond acceptors (Lipinski definition) is 4. The van der Waals surface area contributed by atoms with E-state index < -0.39 is 0 Å². The van der Waals surface area contributed by atoms with Gasteiger partial charge in [-0.25, -0.2) is 0 Å². The van der Waals surface area contributed by atoms with Crippen LogP contribution in [-0.4, -0.2) is 15.9 Å². The van der Waals surface area contributed by atoms with Crippen molar-refractivity contribution in [3.63, 3.8) is 0 Å². The standard InChI is InChI=1S/C37H36NS.C14H26O2.Ir/c1-35(2,3)29-17-24(16-22-10-8-9-11-25(22)29)32-19-27-23(21-38-32)12-13-26-28-18-30-31(20-33(28)39-34(26)27)37(6,7)15-14-36(30,4)5;1-6-11(7-2)13(15)10(5)14(16)12(8-3)9-4;/h8-13,17-21H,14-15H2,1-7H3;11-12,15H,6-9H2,1-5H3;/q-1;;/b;13-10-;. The molecule has 0 bridgehead atoms. The molecule has 1 radical (unpaired) electrons. The summed E-state index contributed by atoms with van der Waals surface area (Å²) in [5.41, 5.74) is 7.48. The second kappa shape index (κ2) is 16.8. The Morgan fingerprint density at radius 3 is 2.02 bits per heavy atom. The number of aliphatic hydroxyl groups excluding tert-OH is 1. The molecular formula is C51H62IrNO2S-. The number of carbonyl (C=O) groups is 1. The van der Waals surface area contributed by atoms with Crippen molar-refractivity contribution < 1.29 is 30.0 Å². The zero-order valence-electron chi connectivity index (χ0n) is 35.8. The number of ketones is 1. The molecule has 1 N–H and O–H groups in total. The second-order valence-corrected chi connectivity index (χ2v) is 19.3. The van der Waals surface area contributed by atoms with Crippen LogP contribution in [0, 0.1) is 17.9 Å². The van der Waals surface area contributed by atoms with Crippen molar-refractivity contribution in [2.45, 2.75) is 138 Å². The summed E-state index contributed by atoms with van der Waals surface area (Å²) in [4.78, 5) is 17.0. The van der Waals surface area contributed by atoms with E-state index in [0.29, 0.717) is 11.3 Å². The van der Waals surface area contributed by atoms with Crippen molar-refractivity contribution in [2.24, 2.45) is 11.8 Å². The number of thiophene rings is 1. The molecule has 2 aromatic heterocycles. The SMILES string of the molecule is CC(C)(C)c1cc(-c2cc3c(ccc4c5cc6c(cc5sc34)C(C)(C)CCC6(C)C)cn2)[c-]c2ccccc12.CCC(CC)C(=O)/C(C)=C(\O)C(CC)CC.[Ir]. The fraction of sp³-hybridized carbons (Fsp3) is 0.451. The minimum Gasteiger partial charge on any atom is -0.512 e. The van der Waals surface area contributed by atoms with Crippen LogP contribution in [0.2, 0.25) is 0 Å². The molecule has 5 heteroatoms. The summed E-state index contributed by atoms with van der Waals surface area (Å²) in [5.74, 6) is 0.631. The van der Waals surface area contributed by atoms with Crippen LogP contribution < -0.4 is 0 Å². The molecule has 0 spiro atoms. The van der Waals surface area contributed by atoms with Gasteiger partial charge in [0.1, 0.15) is 5.76 Å². The maximum Gasteiger partial charge on any atom is 0.164 e. The minimum atomic E-state index is 0. The van der Waals surface area contributed by atoms with Gasteiger partial charge in [-0.15, -0.1) is 40.5 Å². The van der Waals surface area contributed by atoms with E-state index in [2.05, 4.69) is 115 Å². The van der Waals surface area contributed by atoms with Gasteiger partial charge in [-0.2, -0.15) is 0 Å². The molecule has 0 atom stereocenters. The van der Waals surface area contributed by atoms with Crippen molar-refractivity contribution in [1.82, 2.24) is 4.98 Å². The summed E-state index contributed by atoms with van der Waals surface area (Å²) in [6.45, 7) is 26.4. The summed E-state index contributed by atoms with van der Waals surface area (Å²) in [6, 6.07) is 26.5. The quantitative estimate of drug-likeness (QED) is 0.0940. The predicted molar refractivity (Wildman–Crippen MR) is 239 cm³/mol. The van der Waals surface area contributed by atoms with Gasteiger partial charge in [0.2, 0.25) is 0 Å². The van der Waals surface area contributed by atoms with Gasteiger partial charge in [-0.1, -0.05) is 124 Å². The second-order valence-electron chi connectivity index (χ2n) is 18.3. The van der Waals surface area contributed by atoms with Gasteiger partial charge in [0.05, 0.1) is 0 Å². The molecule has 3 nitrogen and oxygen atoms in total. The van der Waals surface area contributed by atoms with Crippen LogP contribution in [-0.2, 0) is 41.1 Å². The summed E-state index contributed by atoms with van der Waals surface area (Å²) in [7, 11) is 0. The Kier molecular flexibility index (Phi) is 13.2. The van der Waals surface area contributed by atoms with Gasteiger partial charge < -0.3 is 5.11 Å². The average molecular weight is 945 g/mol. The number of aliphatic hydroxyl groups is 1. The number of rotatable bonds is 8. The van der Waals surface area contributed by atoms with Crippen LogP contribution >= 0.6 is 11.3 Å². The molecular weight excluding hydrogens is 883 g/mol. The van der Waals surface area contributed by atoms with E-state index in [0.717, 1.165) is 42.3 Å². The fourth-order valence-corrected chi connectivity index (χ4v) is 9.97. The van der Waals surface area contributed by atoms with Gasteiger partial charge in [0.25, 0.3) is 0 Å². The molecule has 1 aliphatic rings. The van der Waals surface area contributed by atoms with E-state index in [1.807, 2.05) is 45.2 Å². The fourth-order valence-electron chi connectivity index (χ4n) is 8.72. The Labute approximate surface area is 353 Å². The third kappa shape index (κ3) is 8.29. The number of carbonyl (C=O) groups excluding carboxylic acids is 1. The zero-order valence-corrected chi connectivity index (χ0v) is 39.0. The molecule has 6 aromatic rings. The summed E-state index contributed by atoms with van der Waals surface area (Å²) < 4.78 is 2.76. The Bertz CT molecular complexity index is 2420. The van der Waals surface area contributed by atoms with Crippen LogP contribution in [0.25, 0.3) is 53.0 Å². The van der Waals surface area contributed by atoms with Crippen LogP contribution in [0.1, 0.15) is 138 Å².